The van der Waals surface area contributed by atoms with Gasteiger partial charge in [0.1, 0.15) is 24.0 Å². The summed E-state index contributed by atoms with van der Waals surface area (Å²) in [6, 6.07) is 7.68. The standard InChI is InChI=1S/C21H26ClFN3O9P/c1-12(2)33-18(29)13(3)25-36(31,35-14-7-5-4-6-8-14)32-11-15-17(28)21(22,23)19(34-15)26-10-9-16(27)24-20(26)30/h4-10,12-13,15,17,19,28H,11H2,1-3H3,(H,25,31)(H,24,27,30)/t13-,15?,17?,19?,21?,36?/m0/s1. The van der Waals surface area contributed by atoms with E-state index in [0.717, 1.165) is 12.3 Å². The molecule has 12 nitrogen and oxygen atoms in total. The maximum atomic E-state index is 15.2. The maximum absolute atomic E-state index is 15.2. The van der Waals surface area contributed by atoms with Crippen molar-refractivity contribution in [2.24, 2.45) is 0 Å². The van der Waals surface area contributed by atoms with Gasteiger partial charge in [0.25, 0.3) is 10.7 Å². The van der Waals surface area contributed by atoms with E-state index >= 15 is 4.39 Å². The summed E-state index contributed by atoms with van der Waals surface area (Å²) in [7, 11) is -4.35. The second kappa shape index (κ2) is 11.2. The number of ether oxygens (including phenoxy) is 2. The number of benzene rings is 1. The van der Waals surface area contributed by atoms with Crippen LogP contribution in [0.5, 0.6) is 5.75 Å². The molecule has 1 aliphatic heterocycles. The molecule has 0 saturated carbocycles. The van der Waals surface area contributed by atoms with Crippen molar-refractivity contribution in [1.29, 1.82) is 0 Å². The van der Waals surface area contributed by atoms with E-state index in [1.54, 1.807) is 32.0 Å². The highest BCUT2D eigenvalue weighted by molar-refractivity contribution is 7.52. The topological polar surface area (TPSA) is 158 Å². The summed E-state index contributed by atoms with van der Waals surface area (Å²) in [5.74, 6) is -0.607. The van der Waals surface area contributed by atoms with Gasteiger partial charge in [0.15, 0.2) is 6.23 Å². The number of nitrogens with zero attached hydrogens (tertiary/aromatic N) is 1. The number of H-pyrrole nitrogens is 1. The zero-order chi connectivity index (χ0) is 26.7. The number of hydrogen-bond donors (Lipinski definition) is 3. The van der Waals surface area contributed by atoms with Crippen molar-refractivity contribution in [3.05, 3.63) is 63.4 Å². The van der Waals surface area contributed by atoms with E-state index in [1.807, 2.05) is 4.98 Å². The number of alkyl halides is 2. The number of halogens is 2. The number of aromatic nitrogens is 2. The lowest BCUT2D eigenvalue weighted by Gasteiger charge is -2.25. The molecule has 0 aliphatic carbocycles. The van der Waals surface area contributed by atoms with E-state index in [4.69, 9.17) is 30.1 Å². The van der Waals surface area contributed by atoms with Crippen molar-refractivity contribution in [3.8, 4) is 5.75 Å². The second-order valence-electron chi connectivity index (χ2n) is 8.20. The molecule has 2 aromatic rings. The first kappa shape index (κ1) is 28.0. The monoisotopic (exact) mass is 549 g/mol. The van der Waals surface area contributed by atoms with Crippen molar-refractivity contribution in [2.45, 2.75) is 56.5 Å². The van der Waals surface area contributed by atoms with Gasteiger partial charge in [-0.3, -0.25) is 23.7 Å². The molecule has 6 atom stereocenters. The number of nitrogens with one attached hydrogen (secondary N) is 2. The van der Waals surface area contributed by atoms with E-state index in [-0.39, 0.29) is 5.75 Å². The maximum Gasteiger partial charge on any atom is 0.459 e. The van der Waals surface area contributed by atoms with Crippen LogP contribution in [0, 0.1) is 0 Å². The molecular formula is C21H26ClFN3O9P. The van der Waals surface area contributed by atoms with Crippen molar-refractivity contribution < 1.29 is 37.4 Å². The molecule has 1 fully saturated rings. The average Bonchev–Trinajstić information content (AvgIpc) is 3.01. The van der Waals surface area contributed by atoms with Crippen molar-refractivity contribution >= 4 is 25.3 Å². The predicted octanol–water partition coefficient (Wildman–Crippen LogP) is 1.83. The van der Waals surface area contributed by atoms with Crippen LogP contribution < -0.4 is 20.9 Å². The number of rotatable bonds is 10. The fraction of sp³-hybridized carbons (Fsp3) is 0.476. The van der Waals surface area contributed by atoms with E-state index < -0.39 is 67.3 Å². The number of carbonyl (C=O) groups excluding carboxylic acids is 1. The molecule has 1 aromatic heterocycles. The Morgan fingerprint density at radius 1 is 1.31 bits per heavy atom. The first-order chi connectivity index (χ1) is 16.8. The van der Waals surface area contributed by atoms with Crippen LogP contribution in [-0.4, -0.2) is 56.7 Å². The molecule has 3 N–H and O–H groups in total. The number of carbonyl (C=O) groups is 1. The van der Waals surface area contributed by atoms with Crippen LogP contribution in [0.2, 0.25) is 0 Å². The number of para-hydroxylation sites is 1. The predicted molar refractivity (Wildman–Crippen MR) is 125 cm³/mol. The molecule has 0 spiro atoms. The Morgan fingerprint density at radius 3 is 2.58 bits per heavy atom. The molecular weight excluding hydrogens is 524 g/mol. The Hall–Kier alpha value is -2.54. The quantitative estimate of drug-likeness (QED) is 0.227. The summed E-state index contributed by atoms with van der Waals surface area (Å²) in [6.45, 7) is 3.93. The number of aliphatic hydroxyl groups is 1. The number of aromatic amines is 1. The SMILES string of the molecule is CC(C)OC(=O)[C@H](C)NP(=O)(OCC1OC(n2ccc(=O)[nH]c2=O)C(F)(Cl)C1O)Oc1ccccc1. The van der Waals surface area contributed by atoms with Crippen LogP contribution in [0.1, 0.15) is 27.0 Å². The minimum atomic E-state index is -4.35. The fourth-order valence-corrected chi connectivity index (χ4v) is 5.02. The second-order valence-corrected chi connectivity index (χ2v) is 10.5. The number of hydrogen-bond acceptors (Lipinski definition) is 9. The third kappa shape index (κ3) is 6.61. The lowest BCUT2D eigenvalue weighted by molar-refractivity contribution is -0.149. The van der Waals surface area contributed by atoms with Crippen LogP contribution in [0.3, 0.4) is 0 Å². The molecule has 1 aliphatic rings. The van der Waals surface area contributed by atoms with Gasteiger partial charge in [0.2, 0.25) is 0 Å². The molecule has 0 bridgehead atoms. The lowest BCUT2D eigenvalue weighted by atomic mass is 10.1. The normalized spacial score (nSPS) is 26.4. The molecule has 198 valence electrons. The highest BCUT2D eigenvalue weighted by Crippen LogP contribution is 2.48. The van der Waals surface area contributed by atoms with Crippen LogP contribution in [0.15, 0.2) is 52.2 Å². The number of aliphatic hydroxyl groups excluding tert-OH is 1. The summed E-state index contributed by atoms with van der Waals surface area (Å²) in [5, 5.41) is 9.86. The Morgan fingerprint density at radius 2 is 1.97 bits per heavy atom. The Bertz CT molecular complexity index is 1220. The van der Waals surface area contributed by atoms with Crippen LogP contribution >= 0.6 is 19.3 Å². The molecule has 2 heterocycles. The van der Waals surface area contributed by atoms with Crippen molar-refractivity contribution in [1.82, 2.24) is 14.6 Å². The van der Waals surface area contributed by atoms with Gasteiger partial charge in [-0.15, -0.1) is 0 Å². The van der Waals surface area contributed by atoms with Crippen molar-refractivity contribution in [3.63, 3.8) is 0 Å². The Kier molecular flexibility index (Phi) is 8.75. The molecule has 36 heavy (non-hydrogen) atoms. The van der Waals surface area contributed by atoms with Gasteiger partial charge in [-0.05, 0) is 32.9 Å². The Labute approximate surface area is 209 Å². The molecule has 15 heteroatoms. The van der Waals surface area contributed by atoms with Gasteiger partial charge >= 0.3 is 19.4 Å². The van der Waals surface area contributed by atoms with Gasteiger partial charge in [0, 0.05) is 12.3 Å². The smallest absolute Gasteiger partial charge is 0.459 e. The number of esters is 1. The van der Waals surface area contributed by atoms with E-state index in [9.17, 15) is 24.1 Å². The first-order valence-corrected chi connectivity index (χ1v) is 12.7. The summed E-state index contributed by atoms with van der Waals surface area (Å²) in [5.41, 5.74) is -1.76. The summed E-state index contributed by atoms with van der Waals surface area (Å²) in [4.78, 5) is 37.6. The van der Waals surface area contributed by atoms with Gasteiger partial charge < -0.3 is 19.1 Å². The van der Waals surface area contributed by atoms with E-state index in [0.29, 0.717) is 4.57 Å². The lowest BCUT2D eigenvalue weighted by Crippen LogP contribution is -2.42. The van der Waals surface area contributed by atoms with Gasteiger partial charge in [-0.2, -0.15) is 5.09 Å². The van der Waals surface area contributed by atoms with Crippen LogP contribution in [-0.2, 0) is 23.4 Å². The fourth-order valence-electron chi connectivity index (χ4n) is 3.22. The molecule has 1 aromatic carbocycles. The van der Waals surface area contributed by atoms with Gasteiger partial charge in [0.05, 0.1) is 12.7 Å². The summed E-state index contributed by atoms with van der Waals surface area (Å²) < 4.78 is 50.8. The van der Waals surface area contributed by atoms with Crippen LogP contribution in [0.25, 0.3) is 0 Å². The molecule has 5 unspecified atom stereocenters. The van der Waals surface area contributed by atoms with Crippen molar-refractivity contribution in [2.75, 3.05) is 6.61 Å². The minimum Gasteiger partial charge on any atom is -0.462 e. The third-order valence-corrected chi connectivity index (χ3v) is 6.97. The zero-order valence-electron chi connectivity index (χ0n) is 19.5. The zero-order valence-corrected chi connectivity index (χ0v) is 21.1. The largest absolute Gasteiger partial charge is 0.462 e. The van der Waals surface area contributed by atoms with Crippen LogP contribution in [0.4, 0.5) is 4.39 Å². The van der Waals surface area contributed by atoms with Gasteiger partial charge in [-0.1, -0.05) is 29.8 Å². The molecule has 3 rings (SSSR count). The Balaban J connectivity index is 1.80. The van der Waals surface area contributed by atoms with Gasteiger partial charge in [-0.25, -0.2) is 13.8 Å². The third-order valence-electron chi connectivity index (χ3n) is 4.92. The summed E-state index contributed by atoms with van der Waals surface area (Å²) >= 11 is 5.85. The molecule has 0 amide bonds. The minimum absolute atomic E-state index is 0.125. The molecule has 1 saturated heterocycles. The highest BCUT2D eigenvalue weighted by Gasteiger charge is 2.58. The van der Waals surface area contributed by atoms with E-state index in [2.05, 4.69) is 5.09 Å². The highest BCUT2D eigenvalue weighted by atomic mass is 35.5. The van der Waals surface area contributed by atoms with E-state index in [1.165, 1.54) is 19.1 Å². The average molecular weight is 550 g/mol. The molecule has 0 radical (unpaired) electrons. The first-order valence-electron chi connectivity index (χ1n) is 10.8. The summed E-state index contributed by atoms with van der Waals surface area (Å²) in [6.07, 6.45) is -4.91.